The van der Waals surface area contributed by atoms with E-state index in [0.29, 0.717) is 24.4 Å². The summed E-state index contributed by atoms with van der Waals surface area (Å²) in [6.45, 7) is 9.92. The summed E-state index contributed by atoms with van der Waals surface area (Å²) in [5, 5.41) is 8.00. The lowest BCUT2D eigenvalue weighted by Gasteiger charge is -2.34. The van der Waals surface area contributed by atoms with Crippen LogP contribution in [0.5, 0.6) is 0 Å². The number of alkyl carbamates (subject to hydrolysis) is 1. The highest BCUT2D eigenvalue weighted by Crippen LogP contribution is 2.27. The van der Waals surface area contributed by atoms with Gasteiger partial charge in [0.05, 0.1) is 0 Å². The van der Waals surface area contributed by atoms with Crippen molar-refractivity contribution in [2.24, 2.45) is 0 Å². The zero-order valence-corrected chi connectivity index (χ0v) is 27.3. The number of amides is 3. The molecular weight excluding hydrogens is 558 g/mol. The molecule has 2 N–H and O–H groups in total. The average Bonchev–Trinajstić information content (AvgIpc) is 2.97. The minimum absolute atomic E-state index is 0.297. The van der Waals surface area contributed by atoms with Gasteiger partial charge in [-0.05, 0) is 86.1 Å². The molecule has 43 heavy (non-hydrogen) atoms. The molecule has 232 valence electrons. The summed E-state index contributed by atoms with van der Waals surface area (Å²) in [5.74, 6) is 0.0632. The fourth-order valence-corrected chi connectivity index (χ4v) is 5.40. The molecule has 0 saturated heterocycles. The van der Waals surface area contributed by atoms with Crippen LogP contribution >= 0.6 is 11.8 Å². The average molecular weight is 606 g/mol. The first kappa shape index (κ1) is 34.0. The maximum Gasteiger partial charge on any atom is 0.408 e. The summed E-state index contributed by atoms with van der Waals surface area (Å²) in [5.41, 5.74) is 1.82. The second kappa shape index (κ2) is 16.4. The zero-order chi connectivity index (χ0) is 31.4. The summed E-state index contributed by atoms with van der Waals surface area (Å²) in [4.78, 5) is 43.1. The number of rotatable bonds is 14. The van der Waals surface area contributed by atoms with Gasteiger partial charge in [-0.1, -0.05) is 81.3 Å². The monoisotopic (exact) mass is 605 g/mol. The van der Waals surface area contributed by atoms with Gasteiger partial charge in [0.1, 0.15) is 17.7 Å². The van der Waals surface area contributed by atoms with Crippen LogP contribution in [-0.4, -0.2) is 53.0 Å². The summed E-state index contributed by atoms with van der Waals surface area (Å²) < 4.78 is 5.50. The Morgan fingerprint density at radius 1 is 0.930 bits per heavy atom. The molecule has 0 aliphatic carbocycles. The molecule has 0 aliphatic rings. The number of hydrogen-bond donors (Lipinski definition) is 2. The van der Waals surface area contributed by atoms with Crippen molar-refractivity contribution in [2.45, 2.75) is 84.4 Å². The van der Waals surface area contributed by atoms with E-state index < -0.39 is 23.8 Å². The predicted octanol–water partition coefficient (Wildman–Crippen LogP) is 7.75. The van der Waals surface area contributed by atoms with E-state index in [2.05, 4.69) is 24.5 Å². The van der Waals surface area contributed by atoms with Crippen LogP contribution in [0.15, 0.2) is 66.7 Å². The Balaban J connectivity index is 2.02. The standard InChI is InChI=1S/C35H47N3O4S/c1-7-9-12-22-38(33(40)30(21-23-43-6)37-34(41)42-35(3,4)5)31(27-17-15-25(8-2)16-18-27)32(39)36-29-20-19-26-13-10-11-14-28(26)24-29/h10-11,13-20,24,30-31H,7-9,12,21-23H2,1-6H3,(H,36,39)(H,37,41). The quantitative estimate of drug-likeness (QED) is 0.184. The molecule has 7 nitrogen and oxygen atoms in total. The van der Waals surface area contributed by atoms with Crippen molar-refractivity contribution in [1.29, 1.82) is 0 Å². The van der Waals surface area contributed by atoms with E-state index in [9.17, 15) is 14.4 Å². The highest BCUT2D eigenvalue weighted by Gasteiger charge is 2.36. The smallest absolute Gasteiger partial charge is 0.408 e. The lowest BCUT2D eigenvalue weighted by molar-refractivity contribution is -0.141. The van der Waals surface area contributed by atoms with Gasteiger partial charge in [0.15, 0.2) is 0 Å². The molecule has 3 rings (SSSR count). The third-order valence-electron chi connectivity index (χ3n) is 7.17. The first-order valence-electron chi connectivity index (χ1n) is 15.2. The minimum Gasteiger partial charge on any atom is -0.444 e. The van der Waals surface area contributed by atoms with Gasteiger partial charge in [0.25, 0.3) is 5.91 Å². The van der Waals surface area contributed by atoms with Crippen LogP contribution in [0.4, 0.5) is 10.5 Å². The molecule has 0 saturated carbocycles. The highest BCUT2D eigenvalue weighted by atomic mass is 32.2. The molecule has 0 radical (unpaired) electrons. The van der Waals surface area contributed by atoms with Gasteiger partial charge in [-0.15, -0.1) is 0 Å². The van der Waals surface area contributed by atoms with Crippen LogP contribution in [0, 0.1) is 0 Å². The number of nitrogens with zero attached hydrogens (tertiary/aromatic N) is 1. The fraction of sp³-hybridized carbons (Fsp3) is 0.457. The Hall–Kier alpha value is -3.52. The van der Waals surface area contributed by atoms with Crippen LogP contribution in [0.2, 0.25) is 0 Å². The molecular formula is C35H47N3O4S. The zero-order valence-electron chi connectivity index (χ0n) is 26.4. The number of unbranched alkanes of at least 4 members (excludes halogenated alkanes) is 2. The molecule has 3 amide bonds. The SMILES string of the molecule is CCCCCN(C(=O)C(CCSC)NC(=O)OC(C)(C)C)C(C(=O)Nc1ccc2ccccc2c1)c1ccc(CC)cc1. The van der Waals surface area contributed by atoms with Gasteiger partial charge < -0.3 is 20.3 Å². The first-order valence-corrected chi connectivity index (χ1v) is 16.6. The number of carbonyl (C=O) groups excluding carboxylic acids is 3. The largest absolute Gasteiger partial charge is 0.444 e. The molecule has 0 aliphatic heterocycles. The van der Waals surface area contributed by atoms with E-state index in [4.69, 9.17) is 4.74 Å². The summed E-state index contributed by atoms with van der Waals surface area (Å²) in [6.07, 6.45) is 5.20. The molecule has 0 heterocycles. The molecule has 8 heteroatoms. The van der Waals surface area contributed by atoms with Crippen molar-refractivity contribution in [2.75, 3.05) is 23.9 Å². The van der Waals surface area contributed by atoms with Crippen LogP contribution < -0.4 is 10.6 Å². The summed E-state index contributed by atoms with van der Waals surface area (Å²) in [7, 11) is 0. The number of fused-ring (bicyclic) bond motifs is 1. The second-order valence-electron chi connectivity index (χ2n) is 11.8. The Morgan fingerprint density at radius 2 is 1.63 bits per heavy atom. The van der Waals surface area contributed by atoms with Crippen molar-refractivity contribution in [3.8, 4) is 0 Å². The van der Waals surface area contributed by atoms with Crippen LogP contribution in [-0.2, 0) is 20.7 Å². The molecule has 0 aromatic heterocycles. The van der Waals surface area contributed by atoms with Crippen molar-refractivity contribution in [1.82, 2.24) is 10.2 Å². The first-order chi connectivity index (χ1) is 20.6. The Kier molecular flexibility index (Phi) is 12.9. The molecule has 2 atom stereocenters. The Labute approximate surface area is 261 Å². The predicted molar refractivity (Wildman–Crippen MR) is 179 cm³/mol. The minimum atomic E-state index is -0.890. The number of anilines is 1. The molecule has 0 spiro atoms. The van der Waals surface area contributed by atoms with Crippen molar-refractivity contribution >= 4 is 46.1 Å². The lowest BCUT2D eigenvalue weighted by atomic mass is 9.99. The van der Waals surface area contributed by atoms with Gasteiger partial charge in [-0.25, -0.2) is 4.79 Å². The molecule has 3 aromatic carbocycles. The van der Waals surface area contributed by atoms with Crippen molar-refractivity contribution in [3.05, 3.63) is 77.9 Å². The van der Waals surface area contributed by atoms with Gasteiger partial charge in [0.2, 0.25) is 5.91 Å². The molecule has 2 unspecified atom stereocenters. The van der Waals surface area contributed by atoms with E-state index in [1.54, 1.807) is 37.4 Å². The van der Waals surface area contributed by atoms with Gasteiger partial charge in [-0.2, -0.15) is 11.8 Å². The van der Waals surface area contributed by atoms with Crippen molar-refractivity contribution in [3.63, 3.8) is 0 Å². The number of hydrogen-bond acceptors (Lipinski definition) is 5. The highest BCUT2D eigenvalue weighted by molar-refractivity contribution is 7.98. The van der Waals surface area contributed by atoms with Gasteiger partial charge in [0, 0.05) is 12.2 Å². The van der Waals surface area contributed by atoms with Crippen LogP contribution in [0.25, 0.3) is 10.8 Å². The normalized spacial score (nSPS) is 12.8. The van der Waals surface area contributed by atoms with E-state index >= 15 is 0 Å². The van der Waals surface area contributed by atoms with E-state index in [-0.39, 0.29) is 11.8 Å². The number of ether oxygens (including phenoxy) is 1. The van der Waals surface area contributed by atoms with E-state index in [1.807, 2.05) is 73.0 Å². The Bertz CT molecular complexity index is 1350. The maximum atomic E-state index is 14.4. The number of carbonyl (C=O) groups is 3. The number of thioether (sulfide) groups is 1. The topological polar surface area (TPSA) is 87.7 Å². The van der Waals surface area contributed by atoms with Gasteiger partial charge >= 0.3 is 6.09 Å². The second-order valence-corrected chi connectivity index (χ2v) is 12.8. The number of aryl methyl sites for hydroxylation is 1. The maximum absolute atomic E-state index is 14.4. The molecule has 0 bridgehead atoms. The van der Waals surface area contributed by atoms with E-state index in [1.165, 1.54) is 0 Å². The van der Waals surface area contributed by atoms with Gasteiger partial charge in [-0.3, -0.25) is 9.59 Å². The molecule has 3 aromatic rings. The summed E-state index contributed by atoms with van der Waals surface area (Å²) in [6, 6.07) is 19.9. The summed E-state index contributed by atoms with van der Waals surface area (Å²) >= 11 is 1.60. The number of benzene rings is 3. The lowest BCUT2D eigenvalue weighted by Crippen LogP contribution is -2.52. The van der Waals surface area contributed by atoms with Crippen molar-refractivity contribution < 1.29 is 19.1 Å². The number of nitrogens with one attached hydrogen (secondary N) is 2. The van der Waals surface area contributed by atoms with E-state index in [0.717, 1.165) is 47.6 Å². The van der Waals surface area contributed by atoms with Crippen LogP contribution in [0.3, 0.4) is 0 Å². The Morgan fingerprint density at radius 3 is 2.26 bits per heavy atom. The fourth-order valence-electron chi connectivity index (χ4n) is 4.93. The van der Waals surface area contributed by atoms with Crippen LogP contribution in [0.1, 0.15) is 77.5 Å². The molecule has 0 fully saturated rings. The third-order valence-corrected chi connectivity index (χ3v) is 7.81. The third kappa shape index (κ3) is 10.3.